The van der Waals surface area contributed by atoms with E-state index in [-0.39, 0.29) is 0 Å². The Morgan fingerprint density at radius 3 is 2.00 bits per heavy atom. The molecular weight excluding hydrogens is 332 g/mol. The maximum Gasteiger partial charge on any atom is -0.00166 e. The number of benzene rings is 1. The van der Waals surface area contributed by atoms with Crippen LogP contribution in [0.1, 0.15) is 66.2 Å². The van der Waals surface area contributed by atoms with Gasteiger partial charge in [0.05, 0.1) is 0 Å². The molecule has 3 fully saturated rings. The van der Waals surface area contributed by atoms with Crippen LogP contribution in [0.15, 0.2) is 35.2 Å². The van der Waals surface area contributed by atoms with Gasteiger partial charge in [-0.25, -0.2) is 10.0 Å². The Labute approximate surface area is 163 Å². The molecule has 0 amide bonds. The first kappa shape index (κ1) is 18.9. The summed E-state index contributed by atoms with van der Waals surface area (Å²) in [6, 6.07) is 11.8. The topological polar surface area (TPSA) is 0 Å². The first-order valence-corrected chi connectivity index (χ1v) is 13.4. The summed E-state index contributed by atoms with van der Waals surface area (Å²) < 4.78 is 0. The minimum Gasteiger partial charge on any atom is -0.211 e. The van der Waals surface area contributed by atoms with Gasteiger partial charge in [-0.2, -0.15) is 0 Å². The van der Waals surface area contributed by atoms with Gasteiger partial charge in [0.15, 0.2) is 0 Å². The second-order valence-corrected chi connectivity index (χ2v) is 13.8. The standard InChI is InChI=1S/C25H40S/c1-17-18(2)20(4)25(19(17)3)26(5,22-12-7-6-8-13-22)24-16-15-21-11-9-10-14-23(21)24/h6-8,12-13,17-21,23-25H,9-11,14-16H2,1-5H3. The Balaban J connectivity index is 1.79. The molecule has 3 aliphatic carbocycles. The minimum absolute atomic E-state index is 0.809. The first-order valence-electron chi connectivity index (χ1n) is 11.3. The van der Waals surface area contributed by atoms with Gasteiger partial charge in [0.2, 0.25) is 0 Å². The van der Waals surface area contributed by atoms with Crippen molar-refractivity contribution in [3.8, 4) is 0 Å². The van der Waals surface area contributed by atoms with E-state index in [1.54, 1.807) is 4.90 Å². The lowest BCUT2D eigenvalue weighted by Crippen LogP contribution is -2.37. The summed E-state index contributed by atoms with van der Waals surface area (Å²) in [7, 11) is -0.809. The lowest BCUT2D eigenvalue weighted by atomic mass is 9.82. The average molecular weight is 373 g/mol. The van der Waals surface area contributed by atoms with Crippen LogP contribution in [-0.2, 0) is 0 Å². The molecule has 0 aromatic heterocycles. The monoisotopic (exact) mass is 372 g/mol. The second kappa shape index (κ2) is 7.19. The number of hydrogen-bond donors (Lipinski definition) is 0. The van der Waals surface area contributed by atoms with E-state index >= 15 is 0 Å². The Bertz CT molecular complexity index is 596. The van der Waals surface area contributed by atoms with E-state index < -0.39 is 10.0 Å². The molecule has 0 heterocycles. The molecule has 1 aromatic carbocycles. The molecule has 3 aliphatic rings. The fraction of sp³-hybridized carbons (Fsp3) is 0.760. The smallest absolute Gasteiger partial charge is 0.00166 e. The fourth-order valence-corrected chi connectivity index (χ4v) is 13.3. The molecule has 0 bridgehead atoms. The van der Waals surface area contributed by atoms with Gasteiger partial charge in [0.25, 0.3) is 0 Å². The largest absolute Gasteiger partial charge is 0.211 e. The average Bonchev–Trinajstić information content (AvgIpc) is 3.19. The van der Waals surface area contributed by atoms with Crippen LogP contribution in [0.5, 0.6) is 0 Å². The third-order valence-corrected chi connectivity index (χ3v) is 14.4. The van der Waals surface area contributed by atoms with Gasteiger partial charge < -0.3 is 0 Å². The van der Waals surface area contributed by atoms with Crippen LogP contribution < -0.4 is 0 Å². The van der Waals surface area contributed by atoms with Gasteiger partial charge in [0.1, 0.15) is 0 Å². The van der Waals surface area contributed by atoms with Crippen molar-refractivity contribution in [3.05, 3.63) is 30.3 Å². The lowest BCUT2D eigenvalue weighted by molar-refractivity contribution is 0.279. The van der Waals surface area contributed by atoms with E-state index in [0.29, 0.717) is 0 Å². The van der Waals surface area contributed by atoms with Gasteiger partial charge in [-0.1, -0.05) is 77.3 Å². The molecule has 0 aliphatic heterocycles. The summed E-state index contributed by atoms with van der Waals surface area (Å²) in [6.45, 7) is 10.3. The van der Waals surface area contributed by atoms with Gasteiger partial charge in [-0.05, 0) is 76.4 Å². The molecule has 0 saturated heterocycles. The van der Waals surface area contributed by atoms with Crippen molar-refractivity contribution in [1.82, 2.24) is 0 Å². The normalized spacial score (nSPS) is 46.5. The lowest BCUT2D eigenvalue weighted by Gasteiger charge is -2.54. The van der Waals surface area contributed by atoms with E-state index in [1.165, 1.54) is 38.5 Å². The summed E-state index contributed by atoms with van der Waals surface area (Å²) in [5.41, 5.74) is 0. The third-order valence-electron chi connectivity index (χ3n) is 9.24. The molecule has 0 nitrogen and oxygen atoms in total. The first-order chi connectivity index (χ1) is 12.5. The van der Waals surface area contributed by atoms with E-state index in [2.05, 4.69) is 64.3 Å². The Morgan fingerprint density at radius 1 is 0.731 bits per heavy atom. The molecule has 0 N–H and O–H groups in total. The third kappa shape index (κ3) is 2.79. The predicted molar refractivity (Wildman–Crippen MR) is 117 cm³/mol. The molecule has 0 radical (unpaired) electrons. The van der Waals surface area contributed by atoms with Crippen LogP contribution in [0.25, 0.3) is 0 Å². The minimum atomic E-state index is -0.809. The molecule has 8 unspecified atom stereocenters. The predicted octanol–water partition coefficient (Wildman–Crippen LogP) is 7.38. The summed E-state index contributed by atoms with van der Waals surface area (Å²) in [6.07, 6.45) is 11.8. The molecule has 26 heavy (non-hydrogen) atoms. The van der Waals surface area contributed by atoms with Crippen molar-refractivity contribution in [1.29, 1.82) is 0 Å². The second-order valence-electron chi connectivity index (χ2n) is 10.1. The zero-order valence-corrected chi connectivity index (χ0v) is 18.5. The molecule has 146 valence electrons. The fourth-order valence-electron chi connectivity index (χ4n) is 7.46. The zero-order valence-electron chi connectivity index (χ0n) is 17.7. The van der Waals surface area contributed by atoms with Crippen LogP contribution in [-0.4, -0.2) is 16.8 Å². The molecule has 0 spiro atoms. The SMILES string of the molecule is CC1C(C)C(C)C(S(C)(c2ccccc2)C2CCC3CCCCC32)C1C. The van der Waals surface area contributed by atoms with Crippen LogP contribution in [0.4, 0.5) is 0 Å². The van der Waals surface area contributed by atoms with Crippen LogP contribution in [0.2, 0.25) is 0 Å². The van der Waals surface area contributed by atoms with Crippen molar-refractivity contribution in [2.24, 2.45) is 35.5 Å². The molecule has 4 rings (SSSR count). The van der Waals surface area contributed by atoms with Crippen molar-refractivity contribution in [3.63, 3.8) is 0 Å². The molecular formula is C25H40S. The summed E-state index contributed by atoms with van der Waals surface area (Å²) >= 11 is 0. The summed E-state index contributed by atoms with van der Waals surface area (Å²) in [4.78, 5) is 1.72. The molecule has 8 atom stereocenters. The van der Waals surface area contributed by atoms with E-state index in [9.17, 15) is 0 Å². The van der Waals surface area contributed by atoms with Gasteiger partial charge in [-0.15, -0.1) is 0 Å². The molecule has 3 saturated carbocycles. The number of hydrogen-bond acceptors (Lipinski definition) is 0. The van der Waals surface area contributed by atoms with Gasteiger partial charge in [-0.3, -0.25) is 0 Å². The Kier molecular flexibility index (Phi) is 5.23. The van der Waals surface area contributed by atoms with Crippen molar-refractivity contribution in [2.75, 3.05) is 6.26 Å². The maximum absolute atomic E-state index is 2.77. The highest BCUT2D eigenvalue weighted by molar-refractivity contribution is 8.34. The van der Waals surface area contributed by atoms with Gasteiger partial charge in [0, 0.05) is 0 Å². The Hall–Kier alpha value is -0.430. The summed E-state index contributed by atoms with van der Waals surface area (Å²) in [5, 5.41) is 1.88. The zero-order chi connectivity index (χ0) is 18.5. The van der Waals surface area contributed by atoms with Crippen LogP contribution >= 0.6 is 10.0 Å². The van der Waals surface area contributed by atoms with Crippen LogP contribution in [0.3, 0.4) is 0 Å². The van der Waals surface area contributed by atoms with Crippen LogP contribution in [0, 0.1) is 35.5 Å². The Morgan fingerprint density at radius 2 is 1.35 bits per heavy atom. The van der Waals surface area contributed by atoms with Gasteiger partial charge >= 0.3 is 0 Å². The van der Waals surface area contributed by atoms with E-state index in [1.807, 2.05) is 0 Å². The highest BCUT2D eigenvalue weighted by Crippen LogP contribution is 2.73. The number of rotatable bonds is 3. The quantitative estimate of drug-likeness (QED) is 0.519. The summed E-state index contributed by atoms with van der Waals surface area (Å²) in [5.74, 6) is 5.54. The van der Waals surface area contributed by atoms with E-state index in [0.717, 1.165) is 46.0 Å². The molecule has 1 aromatic rings. The maximum atomic E-state index is 2.77. The highest BCUT2D eigenvalue weighted by Gasteiger charge is 2.54. The van der Waals surface area contributed by atoms with E-state index in [4.69, 9.17) is 0 Å². The highest BCUT2D eigenvalue weighted by atomic mass is 32.3. The van der Waals surface area contributed by atoms with Crippen molar-refractivity contribution >= 4 is 10.0 Å². The van der Waals surface area contributed by atoms with Crippen molar-refractivity contribution in [2.45, 2.75) is 81.6 Å². The van der Waals surface area contributed by atoms with Crippen molar-refractivity contribution < 1.29 is 0 Å². The number of fused-ring (bicyclic) bond motifs is 1. The molecule has 1 heteroatoms.